The summed E-state index contributed by atoms with van der Waals surface area (Å²) in [5, 5.41) is 2.12. The zero-order chi connectivity index (χ0) is 13.1. The molecule has 3 rings (SSSR count). The number of rotatable bonds is 3. The van der Waals surface area contributed by atoms with Gasteiger partial charge < -0.3 is 0 Å². The lowest BCUT2D eigenvalue weighted by Crippen LogP contribution is -1.72. The maximum absolute atomic E-state index is 2.32. The van der Waals surface area contributed by atoms with Crippen LogP contribution in [0.3, 0.4) is 0 Å². The summed E-state index contributed by atoms with van der Waals surface area (Å²) < 4.78 is 1.27. The smallest absolute Gasteiger partial charge is 0.0448 e. The van der Waals surface area contributed by atoms with Crippen LogP contribution in [0, 0.1) is 3.57 Å². The molecule has 0 saturated heterocycles. The van der Waals surface area contributed by atoms with Crippen LogP contribution in [0.15, 0.2) is 53.9 Å². The maximum Gasteiger partial charge on any atom is 0.0448 e. The van der Waals surface area contributed by atoms with Crippen molar-refractivity contribution in [2.24, 2.45) is 0 Å². The third-order valence-electron chi connectivity index (χ3n) is 2.70. The van der Waals surface area contributed by atoms with Crippen molar-refractivity contribution in [3.05, 3.63) is 67.9 Å². The number of hydrogen-bond acceptors (Lipinski definition) is 2. The predicted molar refractivity (Wildman–Crippen MR) is 95.7 cm³/mol. The summed E-state index contributed by atoms with van der Waals surface area (Å²) in [6.07, 6.45) is 4.35. The second kappa shape index (κ2) is 6.03. The summed E-state index contributed by atoms with van der Waals surface area (Å²) in [5.41, 5.74) is 1.24. The van der Waals surface area contributed by atoms with Crippen LogP contribution in [0.5, 0.6) is 0 Å². The molecule has 2 heterocycles. The normalized spacial score (nSPS) is 11.2. The Hall–Kier alpha value is -0.910. The van der Waals surface area contributed by atoms with Crippen molar-refractivity contribution in [1.82, 2.24) is 0 Å². The molecule has 0 radical (unpaired) electrons. The lowest BCUT2D eigenvalue weighted by atomic mass is 10.2. The highest BCUT2D eigenvalue weighted by Gasteiger charge is 2.01. The van der Waals surface area contributed by atoms with E-state index in [0.717, 1.165) is 0 Å². The zero-order valence-electron chi connectivity index (χ0n) is 10.0. The van der Waals surface area contributed by atoms with Crippen LogP contribution in [0.4, 0.5) is 0 Å². The first kappa shape index (κ1) is 13.1. The van der Waals surface area contributed by atoms with Crippen molar-refractivity contribution in [2.45, 2.75) is 0 Å². The van der Waals surface area contributed by atoms with E-state index in [-0.39, 0.29) is 0 Å². The number of halogens is 1. The van der Waals surface area contributed by atoms with Gasteiger partial charge in [0.25, 0.3) is 0 Å². The first-order valence-electron chi connectivity index (χ1n) is 5.89. The molecule has 0 aliphatic carbocycles. The summed E-state index contributed by atoms with van der Waals surface area (Å²) in [7, 11) is 0. The van der Waals surface area contributed by atoms with Gasteiger partial charge in [0.05, 0.1) is 0 Å². The molecule has 0 nitrogen and oxygen atoms in total. The van der Waals surface area contributed by atoms with E-state index in [0.29, 0.717) is 0 Å². The Morgan fingerprint density at radius 3 is 2.42 bits per heavy atom. The van der Waals surface area contributed by atoms with Gasteiger partial charge in [-0.3, -0.25) is 0 Å². The van der Waals surface area contributed by atoms with Gasteiger partial charge in [-0.05, 0) is 69.9 Å². The first-order chi connectivity index (χ1) is 9.31. The Bertz CT molecular complexity index is 676. The Labute approximate surface area is 134 Å². The minimum atomic E-state index is 1.24. The Morgan fingerprint density at radius 1 is 0.842 bits per heavy atom. The average molecular weight is 394 g/mol. The average Bonchev–Trinajstić information content (AvgIpc) is 3.09. The fraction of sp³-hybridized carbons (Fsp3) is 0. The minimum absolute atomic E-state index is 1.24. The predicted octanol–water partition coefficient (Wildman–Crippen LogP) is 6.25. The van der Waals surface area contributed by atoms with Gasteiger partial charge in [0, 0.05) is 18.2 Å². The molecule has 0 fully saturated rings. The van der Waals surface area contributed by atoms with Crippen molar-refractivity contribution < 1.29 is 0 Å². The zero-order valence-corrected chi connectivity index (χ0v) is 13.8. The van der Waals surface area contributed by atoms with Crippen LogP contribution in [-0.4, -0.2) is 0 Å². The minimum Gasteiger partial charge on any atom is -0.143 e. The summed E-state index contributed by atoms with van der Waals surface area (Å²) in [5.74, 6) is 0. The van der Waals surface area contributed by atoms with Crippen LogP contribution >= 0.6 is 45.3 Å². The van der Waals surface area contributed by atoms with E-state index >= 15 is 0 Å². The fourth-order valence-corrected chi connectivity index (χ4v) is 3.85. The summed E-state index contributed by atoms with van der Waals surface area (Å²) in [4.78, 5) is 3.98. The molecular weight excluding hydrogens is 383 g/mol. The van der Waals surface area contributed by atoms with E-state index in [2.05, 4.69) is 88.7 Å². The second-order valence-corrected chi connectivity index (χ2v) is 7.37. The van der Waals surface area contributed by atoms with Gasteiger partial charge in [0.15, 0.2) is 0 Å². The molecule has 0 N–H and O–H groups in total. The molecular formula is C16H11IS2. The van der Waals surface area contributed by atoms with E-state index in [4.69, 9.17) is 0 Å². The topological polar surface area (TPSA) is 0 Å². The van der Waals surface area contributed by atoms with Gasteiger partial charge in [0.2, 0.25) is 0 Å². The lowest BCUT2D eigenvalue weighted by molar-refractivity contribution is 1.61. The van der Waals surface area contributed by atoms with Crippen molar-refractivity contribution in [3.63, 3.8) is 0 Å². The Kier molecular flexibility index (Phi) is 4.15. The van der Waals surface area contributed by atoms with Crippen LogP contribution < -0.4 is 0 Å². The van der Waals surface area contributed by atoms with Crippen molar-refractivity contribution in [1.29, 1.82) is 0 Å². The Morgan fingerprint density at radius 2 is 1.68 bits per heavy atom. The standard InChI is InChI=1S/C16H11IS2/c17-13-6-3-12(4-7-13)5-8-14-9-10-16(19-14)15-2-1-11-18-15/h1-11H/b8-5+. The molecule has 2 aromatic heterocycles. The van der Waals surface area contributed by atoms with Gasteiger partial charge in [-0.2, -0.15) is 0 Å². The SMILES string of the molecule is Ic1ccc(/C=C/c2ccc(-c3cccs3)s2)cc1. The third-order valence-corrected chi connectivity index (χ3v) is 5.54. The van der Waals surface area contributed by atoms with E-state index in [1.165, 1.54) is 23.8 Å². The molecule has 0 atom stereocenters. The Balaban J connectivity index is 1.78. The van der Waals surface area contributed by atoms with Gasteiger partial charge in [-0.25, -0.2) is 0 Å². The highest BCUT2D eigenvalue weighted by molar-refractivity contribution is 14.1. The highest BCUT2D eigenvalue weighted by atomic mass is 127. The van der Waals surface area contributed by atoms with Gasteiger partial charge >= 0.3 is 0 Å². The molecule has 3 aromatic rings. The summed E-state index contributed by atoms with van der Waals surface area (Å²) in [6.45, 7) is 0. The molecule has 19 heavy (non-hydrogen) atoms. The summed E-state index contributed by atoms with van der Waals surface area (Å²) in [6, 6.07) is 17.2. The van der Waals surface area contributed by atoms with Gasteiger partial charge in [0.1, 0.15) is 0 Å². The molecule has 0 saturated carbocycles. The van der Waals surface area contributed by atoms with Gasteiger partial charge in [-0.15, -0.1) is 22.7 Å². The number of thiophene rings is 2. The monoisotopic (exact) mass is 394 g/mol. The molecule has 0 bridgehead atoms. The molecule has 0 unspecified atom stereocenters. The van der Waals surface area contributed by atoms with E-state index in [1.54, 1.807) is 11.3 Å². The van der Waals surface area contributed by atoms with Crippen LogP contribution in [0.1, 0.15) is 10.4 Å². The third kappa shape index (κ3) is 3.35. The quantitative estimate of drug-likeness (QED) is 0.461. The fourth-order valence-electron chi connectivity index (χ4n) is 1.75. The maximum atomic E-state index is 2.32. The molecule has 3 heteroatoms. The van der Waals surface area contributed by atoms with Crippen LogP contribution in [0.2, 0.25) is 0 Å². The molecule has 1 aromatic carbocycles. The first-order valence-corrected chi connectivity index (χ1v) is 8.66. The van der Waals surface area contributed by atoms with Crippen LogP contribution in [0.25, 0.3) is 21.9 Å². The highest BCUT2D eigenvalue weighted by Crippen LogP contribution is 2.32. The molecule has 0 aliphatic rings. The van der Waals surface area contributed by atoms with E-state index in [1.807, 2.05) is 11.3 Å². The van der Waals surface area contributed by atoms with Gasteiger partial charge in [-0.1, -0.05) is 24.3 Å². The second-order valence-electron chi connectivity index (χ2n) is 4.06. The number of benzene rings is 1. The van der Waals surface area contributed by atoms with Crippen molar-refractivity contribution >= 4 is 57.4 Å². The van der Waals surface area contributed by atoms with Crippen molar-refractivity contribution in [3.8, 4) is 9.75 Å². The van der Waals surface area contributed by atoms with Crippen LogP contribution in [-0.2, 0) is 0 Å². The number of hydrogen-bond donors (Lipinski definition) is 0. The van der Waals surface area contributed by atoms with Crippen molar-refractivity contribution in [2.75, 3.05) is 0 Å². The van der Waals surface area contributed by atoms with E-state index < -0.39 is 0 Å². The molecule has 0 amide bonds. The van der Waals surface area contributed by atoms with E-state index in [9.17, 15) is 0 Å². The molecule has 0 spiro atoms. The summed E-state index contributed by atoms with van der Waals surface area (Å²) >= 11 is 5.95. The largest absolute Gasteiger partial charge is 0.143 e. The molecule has 94 valence electrons. The molecule has 0 aliphatic heterocycles. The lowest BCUT2D eigenvalue weighted by Gasteiger charge is -1.93.